The predicted molar refractivity (Wildman–Crippen MR) is 236 cm³/mol. The fourth-order valence-electron chi connectivity index (χ4n) is 9.82. The molecule has 0 bridgehead atoms. The van der Waals surface area contributed by atoms with Crippen LogP contribution in [-0.4, -0.2) is 118 Å². The van der Waals surface area contributed by atoms with E-state index in [1.165, 1.54) is 25.6 Å². The fourth-order valence-corrected chi connectivity index (χ4v) is 9.82. The van der Waals surface area contributed by atoms with Crippen molar-refractivity contribution < 1.29 is 23.9 Å². The van der Waals surface area contributed by atoms with Gasteiger partial charge >= 0.3 is 0 Å². The minimum atomic E-state index is -0.959. The Bertz CT molecular complexity index is 2320. The number of benzene rings is 3. The molecule has 5 aliphatic rings. The zero-order valence-corrected chi connectivity index (χ0v) is 34.9. The van der Waals surface area contributed by atoms with Gasteiger partial charge in [-0.3, -0.25) is 34.8 Å². The second kappa shape index (κ2) is 18.0. The molecular formula is C47H54N10O5. The van der Waals surface area contributed by atoms with E-state index in [1.807, 2.05) is 60.7 Å². The number of nitrogens with zero attached hydrogens (tertiary/aromatic N) is 6. The first-order chi connectivity index (χ1) is 30.2. The number of nitrogen functional groups attached to an aromatic ring is 1. The van der Waals surface area contributed by atoms with Gasteiger partial charge in [-0.15, -0.1) is 0 Å². The summed E-state index contributed by atoms with van der Waals surface area (Å²) in [6.45, 7) is 7.16. The summed E-state index contributed by atoms with van der Waals surface area (Å²) in [7, 11) is 0. The third-order valence-electron chi connectivity index (χ3n) is 13.4. The van der Waals surface area contributed by atoms with E-state index in [-0.39, 0.29) is 36.3 Å². The lowest BCUT2D eigenvalue weighted by Crippen LogP contribution is -2.54. The summed E-state index contributed by atoms with van der Waals surface area (Å²) < 4.78 is 5.94. The molecule has 4 aromatic rings. The number of amides is 4. The molecule has 9 rings (SSSR count). The number of carbonyl (C=O) groups excluding carboxylic acids is 4. The van der Waals surface area contributed by atoms with Gasteiger partial charge in [0.1, 0.15) is 35.5 Å². The quantitative estimate of drug-likeness (QED) is 0.106. The Hall–Kier alpha value is -6.19. The average molecular weight is 839 g/mol. The average Bonchev–Trinajstić information content (AvgIpc) is 3.54. The van der Waals surface area contributed by atoms with Gasteiger partial charge in [0.15, 0.2) is 0 Å². The van der Waals surface area contributed by atoms with Gasteiger partial charge in [-0.1, -0.05) is 18.2 Å². The Morgan fingerprint density at radius 2 is 1.50 bits per heavy atom. The molecule has 1 atom stereocenters. The molecule has 15 heteroatoms. The highest BCUT2D eigenvalue weighted by molar-refractivity contribution is 6.23. The first-order valence-corrected chi connectivity index (χ1v) is 22.0. The zero-order chi connectivity index (χ0) is 42.7. The number of ether oxygens (including phenoxy) is 1. The Balaban J connectivity index is 0.699. The normalized spacial score (nSPS) is 20.9. The number of imide groups is 2. The summed E-state index contributed by atoms with van der Waals surface area (Å²) in [4.78, 5) is 68.0. The molecule has 1 aromatic heterocycles. The van der Waals surface area contributed by atoms with Gasteiger partial charge in [0.25, 0.3) is 11.8 Å². The van der Waals surface area contributed by atoms with Gasteiger partial charge in [0.05, 0.1) is 22.4 Å². The van der Waals surface area contributed by atoms with Crippen molar-refractivity contribution in [1.29, 1.82) is 5.41 Å². The molecule has 5 aliphatic heterocycles. The minimum absolute atomic E-state index is 0.103. The summed E-state index contributed by atoms with van der Waals surface area (Å²) in [5.41, 5.74) is 9.42. The number of rotatable bonds is 12. The lowest BCUT2D eigenvalue weighted by molar-refractivity contribution is -0.136. The molecule has 0 saturated carbocycles. The van der Waals surface area contributed by atoms with Crippen LogP contribution >= 0.6 is 0 Å². The number of para-hydroxylation sites is 1. The first-order valence-electron chi connectivity index (χ1n) is 22.0. The summed E-state index contributed by atoms with van der Waals surface area (Å²) in [5, 5.41) is 14.9. The van der Waals surface area contributed by atoms with Crippen LogP contribution in [-0.2, 0) is 9.59 Å². The number of nitrogens with one attached hydrogen (secondary N) is 3. The van der Waals surface area contributed by atoms with E-state index in [1.54, 1.807) is 12.1 Å². The standard InChI is InChI=1S/C47H54N10O5/c48-42(31-6-9-36(10-7-31)62-35-4-2-1-3-5-35)41-43(49)50-29-51-44(41)52-32-17-26-55(27-18-32)33-19-22-54(23-20-33)21-14-30-15-24-56(25-16-30)34-8-11-37-38(28-34)47(61)57(46(37)60)39-12-13-40(58)53-45(39)59/h1-11,28-30,32-33,39,48H,12-27H2,(H,53,58,59)(H3,49,50,51,52). The smallest absolute Gasteiger partial charge is 0.262 e. The number of carbonyl (C=O) groups is 4. The van der Waals surface area contributed by atoms with Gasteiger partial charge in [0, 0.05) is 55.9 Å². The van der Waals surface area contributed by atoms with Crippen LogP contribution < -0.4 is 26.0 Å². The Kier molecular flexibility index (Phi) is 12.0. The van der Waals surface area contributed by atoms with E-state index in [4.69, 9.17) is 15.9 Å². The molecule has 0 aliphatic carbocycles. The van der Waals surface area contributed by atoms with E-state index in [0.717, 1.165) is 87.8 Å². The Labute approximate surface area is 361 Å². The van der Waals surface area contributed by atoms with Gasteiger partial charge in [0.2, 0.25) is 11.8 Å². The molecule has 3 aromatic carbocycles. The number of nitrogens with two attached hydrogens (primary N) is 1. The van der Waals surface area contributed by atoms with Crippen LogP contribution in [0.5, 0.6) is 11.5 Å². The van der Waals surface area contributed by atoms with Crippen LogP contribution in [0.2, 0.25) is 0 Å². The number of hydrogen-bond acceptors (Lipinski definition) is 13. The van der Waals surface area contributed by atoms with Gasteiger partial charge < -0.3 is 30.5 Å². The Morgan fingerprint density at radius 1 is 0.790 bits per heavy atom. The van der Waals surface area contributed by atoms with E-state index < -0.39 is 23.8 Å². The van der Waals surface area contributed by atoms with Gasteiger partial charge in [-0.25, -0.2) is 9.97 Å². The van der Waals surface area contributed by atoms with Crippen LogP contribution in [0.3, 0.4) is 0 Å². The molecule has 5 N–H and O–H groups in total. The number of piperidine rings is 4. The van der Waals surface area contributed by atoms with Crippen molar-refractivity contribution in [2.24, 2.45) is 5.92 Å². The van der Waals surface area contributed by atoms with Gasteiger partial charge in [-0.05, 0) is 132 Å². The topological polar surface area (TPSA) is 190 Å². The molecular weight excluding hydrogens is 785 g/mol. The third kappa shape index (κ3) is 8.77. The lowest BCUT2D eigenvalue weighted by atomic mass is 9.92. The summed E-state index contributed by atoms with van der Waals surface area (Å²) in [6, 6.07) is 22.3. The summed E-state index contributed by atoms with van der Waals surface area (Å²) >= 11 is 0. The summed E-state index contributed by atoms with van der Waals surface area (Å²) in [5.74, 6) is 1.05. The molecule has 4 fully saturated rings. The SMILES string of the molecule is N=C(c1ccc(Oc2ccccc2)cc1)c1c(N)ncnc1NC1CCN(C2CCN(CCC3CCN(c4ccc5c(c4)C(=O)N(C4CCC(=O)NC4=O)C5=O)CC3)CC2)CC1. The highest BCUT2D eigenvalue weighted by Gasteiger charge is 2.45. The lowest BCUT2D eigenvalue weighted by Gasteiger charge is -2.42. The van der Waals surface area contributed by atoms with Crippen LogP contribution in [0.25, 0.3) is 0 Å². The molecule has 4 saturated heterocycles. The van der Waals surface area contributed by atoms with Crippen molar-refractivity contribution in [3.05, 3.63) is 101 Å². The van der Waals surface area contributed by atoms with Crippen LogP contribution in [0.4, 0.5) is 17.3 Å². The van der Waals surface area contributed by atoms with Gasteiger partial charge in [-0.2, -0.15) is 0 Å². The maximum atomic E-state index is 13.4. The van der Waals surface area contributed by atoms with Crippen molar-refractivity contribution in [1.82, 2.24) is 30.0 Å². The van der Waals surface area contributed by atoms with Crippen LogP contribution in [0, 0.1) is 11.3 Å². The third-order valence-corrected chi connectivity index (χ3v) is 13.4. The van der Waals surface area contributed by atoms with Crippen molar-refractivity contribution in [3.63, 3.8) is 0 Å². The zero-order valence-electron chi connectivity index (χ0n) is 34.9. The number of anilines is 3. The molecule has 0 spiro atoms. The molecule has 322 valence electrons. The monoisotopic (exact) mass is 838 g/mol. The van der Waals surface area contributed by atoms with E-state index in [9.17, 15) is 19.2 Å². The predicted octanol–water partition coefficient (Wildman–Crippen LogP) is 5.32. The van der Waals surface area contributed by atoms with E-state index in [0.29, 0.717) is 45.8 Å². The molecule has 1 unspecified atom stereocenters. The van der Waals surface area contributed by atoms with Crippen LogP contribution in [0.15, 0.2) is 79.1 Å². The number of hydrogen-bond donors (Lipinski definition) is 4. The van der Waals surface area contributed by atoms with Crippen molar-refractivity contribution >= 4 is 46.7 Å². The molecule has 6 heterocycles. The highest BCUT2D eigenvalue weighted by atomic mass is 16.5. The second-order valence-corrected chi connectivity index (χ2v) is 17.2. The molecule has 15 nitrogen and oxygen atoms in total. The maximum Gasteiger partial charge on any atom is 0.262 e. The van der Waals surface area contributed by atoms with E-state index in [2.05, 4.69) is 35.3 Å². The minimum Gasteiger partial charge on any atom is -0.457 e. The van der Waals surface area contributed by atoms with Crippen LogP contribution in [0.1, 0.15) is 89.6 Å². The number of likely N-dealkylation sites (tertiary alicyclic amines) is 2. The second-order valence-electron chi connectivity index (χ2n) is 17.2. The first kappa shape index (κ1) is 41.2. The van der Waals surface area contributed by atoms with E-state index >= 15 is 0 Å². The number of fused-ring (bicyclic) bond motifs is 1. The fraction of sp³-hybridized carbons (Fsp3) is 0.426. The Morgan fingerprint density at radius 3 is 2.23 bits per heavy atom. The van der Waals surface area contributed by atoms with Crippen molar-refractivity contribution in [3.8, 4) is 11.5 Å². The molecule has 62 heavy (non-hydrogen) atoms. The maximum absolute atomic E-state index is 13.4. The van der Waals surface area contributed by atoms with Crippen molar-refractivity contribution in [2.75, 3.05) is 61.8 Å². The largest absolute Gasteiger partial charge is 0.457 e. The highest BCUT2D eigenvalue weighted by Crippen LogP contribution is 2.34. The summed E-state index contributed by atoms with van der Waals surface area (Å²) in [6.07, 6.45) is 9.37. The van der Waals surface area contributed by atoms with Crippen molar-refractivity contribution in [2.45, 2.75) is 75.9 Å². The molecule has 4 amide bonds. The number of aromatic nitrogens is 2. The molecule has 0 radical (unpaired) electrons.